The second-order valence-electron chi connectivity index (χ2n) is 9.19. The van der Waals surface area contributed by atoms with Gasteiger partial charge in [-0.3, -0.25) is 0 Å². The summed E-state index contributed by atoms with van der Waals surface area (Å²) in [5.74, 6) is 0. The van der Waals surface area contributed by atoms with E-state index in [1.807, 2.05) is 36.4 Å². The maximum Gasteiger partial charge on any atom is 0.0721 e. The zero-order chi connectivity index (χ0) is 24.4. The number of hydrogen-bond acceptors (Lipinski definition) is 2. The maximum absolute atomic E-state index is 5.61. The van der Waals surface area contributed by atoms with Crippen LogP contribution in [0.25, 0.3) is 0 Å². The van der Waals surface area contributed by atoms with Crippen LogP contribution >= 0.6 is 0 Å². The van der Waals surface area contributed by atoms with E-state index in [2.05, 4.69) is 43.3 Å². The molecule has 0 unspecified atom stereocenters. The SMILES string of the molecule is CCCCCCCC/C=C\CCCCCCCCN.c1ccc(COCc2ccccc2)cc1. The third-order valence-electron chi connectivity index (χ3n) is 5.94. The van der Waals surface area contributed by atoms with E-state index in [9.17, 15) is 0 Å². The Kier molecular flexibility index (Phi) is 21.5. The first-order chi connectivity index (χ1) is 16.9. The maximum atomic E-state index is 5.61. The molecular formula is C32H51NO. The van der Waals surface area contributed by atoms with Crippen molar-refractivity contribution >= 4 is 0 Å². The zero-order valence-corrected chi connectivity index (χ0v) is 21.9. The first kappa shape index (κ1) is 30.1. The van der Waals surface area contributed by atoms with E-state index in [1.54, 1.807) is 0 Å². The summed E-state index contributed by atoms with van der Waals surface area (Å²) in [6, 6.07) is 20.4. The van der Waals surface area contributed by atoms with Crippen molar-refractivity contribution in [3.05, 3.63) is 83.9 Å². The Hall–Kier alpha value is -1.90. The smallest absolute Gasteiger partial charge is 0.0721 e. The van der Waals surface area contributed by atoms with Gasteiger partial charge in [-0.2, -0.15) is 0 Å². The van der Waals surface area contributed by atoms with Crippen LogP contribution in [0.1, 0.15) is 108 Å². The first-order valence-corrected chi connectivity index (χ1v) is 13.9. The predicted molar refractivity (Wildman–Crippen MR) is 150 cm³/mol. The van der Waals surface area contributed by atoms with Crippen LogP contribution in [-0.4, -0.2) is 6.54 Å². The minimum absolute atomic E-state index is 0.676. The molecule has 0 bridgehead atoms. The van der Waals surface area contributed by atoms with Gasteiger partial charge in [-0.15, -0.1) is 0 Å². The summed E-state index contributed by atoms with van der Waals surface area (Å²) in [6.07, 6.45) is 23.9. The van der Waals surface area contributed by atoms with E-state index >= 15 is 0 Å². The molecule has 0 fully saturated rings. The number of benzene rings is 2. The lowest BCUT2D eigenvalue weighted by Crippen LogP contribution is -1.97. The molecule has 2 aromatic carbocycles. The van der Waals surface area contributed by atoms with Crippen LogP contribution in [0.4, 0.5) is 0 Å². The van der Waals surface area contributed by atoms with Gasteiger partial charge in [0, 0.05) is 0 Å². The van der Waals surface area contributed by atoms with Crippen LogP contribution < -0.4 is 5.73 Å². The Balaban J connectivity index is 0.000000347. The van der Waals surface area contributed by atoms with E-state index in [0.717, 1.165) is 6.54 Å². The molecule has 190 valence electrons. The number of ether oxygens (including phenoxy) is 1. The van der Waals surface area contributed by atoms with Crippen molar-refractivity contribution in [2.45, 2.75) is 110 Å². The fourth-order valence-corrected chi connectivity index (χ4v) is 3.83. The molecule has 34 heavy (non-hydrogen) atoms. The van der Waals surface area contributed by atoms with Crippen molar-refractivity contribution in [3.8, 4) is 0 Å². The van der Waals surface area contributed by atoms with Crippen molar-refractivity contribution in [2.75, 3.05) is 6.54 Å². The fraction of sp³-hybridized carbons (Fsp3) is 0.562. The Labute approximate surface area is 211 Å². The lowest BCUT2D eigenvalue weighted by Gasteiger charge is -2.03. The molecule has 0 heterocycles. The highest BCUT2D eigenvalue weighted by Gasteiger charge is 1.93. The molecule has 2 aromatic rings. The molecule has 0 aliphatic carbocycles. The van der Waals surface area contributed by atoms with Gasteiger partial charge in [0.1, 0.15) is 0 Å². The standard InChI is InChI=1S/C18H37N.C14H14O/c1-2-3-4-5-6-7-8-9-10-11-12-13-14-15-16-17-18-19;1-3-7-13(8-4-1)11-15-12-14-9-5-2-6-10-14/h9-10H,2-8,11-19H2,1H3;1-10H,11-12H2/b10-9-;. The highest BCUT2D eigenvalue weighted by molar-refractivity contribution is 5.15. The predicted octanol–water partition coefficient (Wildman–Crippen LogP) is 9.39. The number of allylic oxidation sites excluding steroid dienone is 2. The number of hydrogen-bond donors (Lipinski definition) is 1. The number of rotatable bonds is 19. The lowest BCUT2D eigenvalue weighted by molar-refractivity contribution is 0.107. The molecule has 0 aromatic heterocycles. The van der Waals surface area contributed by atoms with E-state index in [0.29, 0.717) is 13.2 Å². The zero-order valence-electron chi connectivity index (χ0n) is 21.9. The molecule has 2 heteroatoms. The average Bonchev–Trinajstić information content (AvgIpc) is 2.88. The molecule has 2 N–H and O–H groups in total. The number of nitrogens with two attached hydrogens (primary N) is 1. The highest BCUT2D eigenvalue weighted by Crippen LogP contribution is 2.10. The summed E-state index contributed by atoms with van der Waals surface area (Å²) in [7, 11) is 0. The molecule has 0 aliphatic rings. The summed E-state index contributed by atoms with van der Waals surface area (Å²) in [5, 5.41) is 0. The minimum Gasteiger partial charge on any atom is -0.372 e. The molecule has 0 spiro atoms. The molecule has 2 nitrogen and oxygen atoms in total. The van der Waals surface area contributed by atoms with Gasteiger partial charge in [-0.1, -0.05) is 138 Å². The summed E-state index contributed by atoms with van der Waals surface area (Å²) in [5.41, 5.74) is 7.91. The minimum atomic E-state index is 0.676. The van der Waals surface area contributed by atoms with Gasteiger partial charge >= 0.3 is 0 Å². The highest BCUT2D eigenvalue weighted by atomic mass is 16.5. The monoisotopic (exact) mass is 465 g/mol. The van der Waals surface area contributed by atoms with Crippen molar-refractivity contribution in [1.29, 1.82) is 0 Å². The normalized spacial score (nSPS) is 10.9. The van der Waals surface area contributed by atoms with Crippen molar-refractivity contribution < 1.29 is 4.74 Å². The van der Waals surface area contributed by atoms with Crippen LogP contribution in [-0.2, 0) is 18.0 Å². The largest absolute Gasteiger partial charge is 0.372 e. The average molecular weight is 466 g/mol. The van der Waals surface area contributed by atoms with Crippen molar-refractivity contribution in [3.63, 3.8) is 0 Å². The molecular weight excluding hydrogens is 414 g/mol. The van der Waals surface area contributed by atoms with Gasteiger partial charge in [0.25, 0.3) is 0 Å². The molecule has 0 atom stereocenters. The van der Waals surface area contributed by atoms with Crippen molar-refractivity contribution in [2.24, 2.45) is 5.73 Å². The van der Waals surface area contributed by atoms with E-state index < -0.39 is 0 Å². The van der Waals surface area contributed by atoms with Gasteiger partial charge in [-0.05, 0) is 49.8 Å². The van der Waals surface area contributed by atoms with Gasteiger partial charge in [0.05, 0.1) is 13.2 Å². The third kappa shape index (κ3) is 19.6. The second kappa shape index (κ2) is 24.2. The first-order valence-electron chi connectivity index (χ1n) is 13.9. The summed E-state index contributed by atoms with van der Waals surface area (Å²) in [4.78, 5) is 0. The van der Waals surface area contributed by atoms with Crippen LogP contribution in [0, 0.1) is 0 Å². The second-order valence-corrected chi connectivity index (χ2v) is 9.19. The van der Waals surface area contributed by atoms with Crippen LogP contribution in [0.3, 0.4) is 0 Å². The third-order valence-corrected chi connectivity index (χ3v) is 5.94. The van der Waals surface area contributed by atoms with E-state index in [4.69, 9.17) is 10.5 Å². The molecule has 0 amide bonds. The topological polar surface area (TPSA) is 35.2 Å². The Morgan fingerprint density at radius 2 is 0.971 bits per heavy atom. The quantitative estimate of drug-likeness (QED) is 0.166. The van der Waals surface area contributed by atoms with E-state index in [-0.39, 0.29) is 0 Å². The lowest BCUT2D eigenvalue weighted by atomic mass is 10.1. The molecule has 0 saturated heterocycles. The van der Waals surface area contributed by atoms with Crippen LogP contribution in [0.15, 0.2) is 72.8 Å². The van der Waals surface area contributed by atoms with Gasteiger partial charge in [0.2, 0.25) is 0 Å². The molecule has 0 saturated carbocycles. The molecule has 2 rings (SSSR count). The van der Waals surface area contributed by atoms with Gasteiger partial charge in [0.15, 0.2) is 0 Å². The Morgan fingerprint density at radius 1 is 0.559 bits per heavy atom. The van der Waals surface area contributed by atoms with E-state index in [1.165, 1.54) is 101 Å². The molecule has 0 aliphatic heterocycles. The number of unbranched alkanes of at least 4 members (excludes halogenated alkanes) is 12. The fourth-order valence-electron chi connectivity index (χ4n) is 3.83. The molecule has 0 radical (unpaired) electrons. The summed E-state index contributed by atoms with van der Waals surface area (Å²) < 4.78 is 5.61. The Bertz CT molecular complexity index is 628. The van der Waals surface area contributed by atoms with Gasteiger partial charge in [-0.25, -0.2) is 0 Å². The van der Waals surface area contributed by atoms with Crippen LogP contribution in [0.5, 0.6) is 0 Å². The summed E-state index contributed by atoms with van der Waals surface area (Å²) >= 11 is 0. The van der Waals surface area contributed by atoms with Crippen LogP contribution in [0.2, 0.25) is 0 Å². The summed E-state index contributed by atoms with van der Waals surface area (Å²) in [6.45, 7) is 4.49. The van der Waals surface area contributed by atoms with Crippen molar-refractivity contribution in [1.82, 2.24) is 0 Å². The Morgan fingerprint density at radius 3 is 1.41 bits per heavy atom. The van der Waals surface area contributed by atoms with Gasteiger partial charge < -0.3 is 10.5 Å².